The van der Waals surface area contributed by atoms with Gasteiger partial charge in [-0.2, -0.15) is 0 Å². The Morgan fingerprint density at radius 3 is 2.14 bits per heavy atom. The zero-order valence-corrected chi connectivity index (χ0v) is 18.1. The number of aromatic nitrogens is 3. The molecule has 1 aromatic carbocycles. The molecule has 3 heterocycles. The normalized spacial score (nSPS) is 14.0. The van der Waals surface area contributed by atoms with E-state index in [1.165, 1.54) is 36.8 Å². The van der Waals surface area contributed by atoms with Crippen molar-refractivity contribution < 1.29 is 0 Å². The molecule has 0 fully saturated rings. The summed E-state index contributed by atoms with van der Waals surface area (Å²) >= 11 is 0. The van der Waals surface area contributed by atoms with Gasteiger partial charge in [-0.3, -0.25) is 4.98 Å². The van der Waals surface area contributed by atoms with Gasteiger partial charge in [-0.1, -0.05) is 50.1 Å². The van der Waals surface area contributed by atoms with Gasteiger partial charge in [-0.25, -0.2) is 4.98 Å². The van der Waals surface area contributed by atoms with Gasteiger partial charge in [0.15, 0.2) is 0 Å². The van der Waals surface area contributed by atoms with Crippen LogP contribution in [0.15, 0.2) is 67.3 Å². The highest BCUT2D eigenvalue weighted by Gasteiger charge is 2.12. The minimum atomic E-state index is 0.643. The quantitative estimate of drug-likeness (QED) is 0.564. The maximum absolute atomic E-state index is 5.21. The zero-order valence-electron chi connectivity index (χ0n) is 18.1. The van der Waals surface area contributed by atoms with Gasteiger partial charge in [0, 0.05) is 37.4 Å². The molecule has 5 heteroatoms. The van der Waals surface area contributed by atoms with Gasteiger partial charge < -0.3 is 16.0 Å². The third-order valence-electron chi connectivity index (χ3n) is 4.29. The number of benzene rings is 1. The maximum Gasteiger partial charge on any atom is 0.102 e. The number of nitrogens with one attached hydrogen (secondary N) is 2. The molecule has 1 atom stereocenters. The Bertz CT molecular complexity index is 682. The summed E-state index contributed by atoms with van der Waals surface area (Å²) in [5.41, 5.74) is 8.19. The third kappa shape index (κ3) is 12.5. The molecule has 4 N–H and O–H groups in total. The molecule has 0 aliphatic carbocycles. The van der Waals surface area contributed by atoms with Crippen LogP contribution in [0.5, 0.6) is 0 Å². The Morgan fingerprint density at radius 1 is 1.00 bits per heavy atom. The van der Waals surface area contributed by atoms with Gasteiger partial charge in [0.25, 0.3) is 0 Å². The van der Waals surface area contributed by atoms with E-state index in [4.69, 9.17) is 5.73 Å². The lowest BCUT2D eigenvalue weighted by Crippen LogP contribution is -2.32. The minimum Gasteiger partial charge on any atom is -0.349 e. The molecule has 0 saturated carbocycles. The number of nitrogens with two attached hydrogens (primary N) is 1. The first-order valence-corrected chi connectivity index (χ1v) is 10.5. The van der Waals surface area contributed by atoms with E-state index in [0.717, 1.165) is 18.9 Å². The molecule has 1 aliphatic heterocycles. The standard InChI is InChI=1S/C10H13N.C5H5N.C5H13N.C4H6N2/c1-8-6-9-4-2-3-5-10(9)7-11-8;1-2-4-6-5-3-1;1-2-3-4-5-6;1-4-5-2-3-6-4/h2-5,8,11H,6-7H2,1H3;1-5H;2-6H2,1H3;2-3H,1H3,(H,5,6). The number of aryl methyl sites for hydroxylation is 1. The second kappa shape index (κ2) is 16.5. The summed E-state index contributed by atoms with van der Waals surface area (Å²) in [4.78, 5) is 10.5. The minimum absolute atomic E-state index is 0.643. The first kappa shape index (κ1) is 24.5. The van der Waals surface area contributed by atoms with Gasteiger partial charge in [-0.05, 0) is 56.5 Å². The van der Waals surface area contributed by atoms with Crippen LogP contribution in [-0.2, 0) is 13.0 Å². The molecule has 158 valence electrons. The van der Waals surface area contributed by atoms with E-state index < -0.39 is 0 Å². The molecule has 1 unspecified atom stereocenters. The van der Waals surface area contributed by atoms with Crippen LogP contribution in [0.1, 0.15) is 50.1 Å². The highest BCUT2D eigenvalue weighted by atomic mass is 14.9. The number of H-pyrrole nitrogens is 1. The van der Waals surface area contributed by atoms with E-state index in [-0.39, 0.29) is 0 Å². The van der Waals surface area contributed by atoms with E-state index in [9.17, 15) is 0 Å². The Balaban J connectivity index is 0.000000204. The van der Waals surface area contributed by atoms with Gasteiger partial charge in [-0.15, -0.1) is 0 Å². The molecule has 4 rings (SSSR count). The van der Waals surface area contributed by atoms with Crippen molar-refractivity contribution in [1.29, 1.82) is 0 Å². The molecule has 0 bridgehead atoms. The molecule has 3 aromatic rings. The molecule has 1 aliphatic rings. The van der Waals surface area contributed by atoms with Gasteiger partial charge >= 0.3 is 0 Å². The van der Waals surface area contributed by atoms with Crippen LogP contribution in [0.25, 0.3) is 0 Å². The zero-order chi connectivity index (χ0) is 21.2. The van der Waals surface area contributed by atoms with Crippen LogP contribution in [0.3, 0.4) is 0 Å². The van der Waals surface area contributed by atoms with Crippen LogP contribution >= 0.6 is 0 Å². The summed E-state index contributed by atoms with van der Waals surface area (Å²) in [6, 6.07) is 15.0. The van der Waals surface area contributed by atoms with Gasteiger partial charge in [0.1, 0.15) is 5.82 Å². The van der Waals surface area contributed by atoms with Crippen LogP contribution in [0.4, 0.5) is 0 Å². The van der Waals surface area contributed by atoms with Crippen molar-refractivity contribution in [3.05, 3.63) is 84.2 Å². The SMILES string of the molecule is CC1Cc2ccccc2CN1.CCCCCN.Cc1ncc[nH]1.c1ccncc1. The van der Waals surface area contributed by atoms with Crippen LogP contribution < -0.4 is 11.1 Å². The summed E-state index contributed by atoms with van der Waals surface area (Å²) < 4.78 is 0. The van der Waals surface area contributed by atoms with Crippen LogP contribution in [-0.4, -0.2) is 27.5 Å². The Hall–Kier alpha value is -2.50. The number of rotatable bonds is 3. The molecule has 0 radical (unpaired) electrons. The second-order valence-electron chi connectivity index (χ2n) is 6.95. The summed E-state index contributed by atoms with van der Waals surface area (Å²) in [5, 5.41) is 3.44. The molecule has 0 saturated heterocycles. The molecule has 0 amide bonds. The van der Waals surface area contributed by atoms with Crippen molar-refractivity contribution in [2.75, 3.05) is 6.54 Å². The van der Waals surface area contributed by atoms with E-state index in [1.54, 1.807) is 24.8 Å². The molecule has 29 heavy (non-hydrogen) atoms. The van der Waals surface area contributed by atoms with E-state index in [2.05, 4.69) is 58.4 Å². The lowest BCUT2D eigenvalue weighted by molar-refractivity contribution is 0.513. The Labute approximate surface area is 176 Å². The van der Waals surface area contributed by atoms with Crippen molar-refractivity contribution in [2.45, 2.75) is 59.0 Å². The number of imidazole rings is 1. The van der Waals surface area contributed by atoms with Gasteiger partial charge in [0.05, 0.1) is 0 Å². The molecular formula is C24H37N5. The first-order chi connectivity index (χ1) is 14.2. The predicted octanol–water partition coefficient (Wildman–Crippen LogP) is 4.66. The predicted molar refractivity (Wildman–Crippen MR) is 123 cm³/mol. The Morgan fingerprint density at radius 2 is 1.72 bits per heavy atom. The largest absolute Gasteiger partial charge is 0.349 e. The lowest BCUT2D eigenvalue weighted by atomic mass is 9.97. The van der Waals surface area contributed by atoms with Crippen molar-refractivity contribution in [3.63, 3.8) is 0 Å². The number of hydrogen-bond donors (Lipinski definition) is 3. The number of unbranched alkanes of at least 4 members (excludes halogenated alkanes) is 2. The molecular weight excluding hydrogens is 358 g/mol. The monoisotopic (exact) mass is 395 g/mol. The summed E-state index contributed by atoms with van der Waals surface area (Å²) in [7, 11) is 0. The lowest BCUT2D eigenvalue weighted by Gasteiger charge is -2.22. The van der Waals surface area contributed by atoms with Crippen molar-refractivity contribution in [1.82, 2.24) is 20.3 Å². The van der Waals surface area contributed by atoms with Crippen LogP contribution in [0.2, 0.25) is 0 Å². The summed E-state index contributed by atoms with van der Waals surface area (Å²) in [5.74, 6) is 0.968. The highest BCUT2D eigenvalue weighted by Crippen LogP contribution is 2.15. The van der Waals surface area contributed by atoms with E-state index in [1.807, 2.05) is 25.1 Å². The molecule has 5 nitrogen and oxygen atoms in total. The smallest absolute Gasteiger partial charge is 0.102 e. The van der Waals surface area contributed by atoms with E-state index in [0.29, 0.717) is 6.04 Å². The fourth-order valence-corrected chi connectivity index (χ4v) is 2.67. The topological polar surface area (TPSA) is 79.6 Å². The van der Waals surface area contributed by atoms with Crippen molar-refractivity contribution >= 4 is 0 Å². The number of nitrogens with zero attached hydrogens (tertiary/aromatic N) is 2. The number of pyridine rings is 1. The second-order valence-corrected chi connectivity index (χ2v) is 6.95. The number of hydrogen-bond acceptors (Lipinski definition) is 4. The van der Waals surface area contributed by atoms with Crippen LogP contribution in [0, 0.1) is 6.92 Å². The molecule has 2 aromatic heterocycles. The fraction of sp³-hybridized carbons (Fsp3) is 0.417. The average molecular weight is 396 g/mol. The molecule has 0 spiro atoms. The van der Waals surface area contributed by atoms with E-state index >= 15 is 0 Å². The Kier molecular flexibility index (Phi) is 13.9. The van der Waals surface area contributed by atoms with Crippen molar-refractivity contribution in [2.24, 2.45) is 5.73 Å². The summed E-state index contributed by atoms with van der Waals surface area (Å²) in [6.45, 7) is 8.22. The highest BCUT2D eigenvalue weighted by molar-refractivity contribution is 5.29. The fourth-order valence-electron chi connectivity index (χ4n) is 2.67. The summed E-state index contributed by atoms with van der Waals surface area (Å²) in [6.07, 6.45) is 12.0. The van der Waals surface area contributed by atoms with Gasteiger partial charge in [0.2, 0.25) is 0 Å². The maximum atomic E-state index is 5.21. The number of fused-ring (bicyclic) bond motifs is 1. The first-order valence-electron chi connectivity index (χ1n) is 10.5. The average Bonchev–Trinajstić information content (AvgIpc) is 3.25. The van der Waals surface area contributed by atoms with Crippen molar-refractivity contribution in [3.8, 4) is 0 Å². The third-order valence-corrected chi connectivity index (χ3v) is 4.29. The number of aromatic amines is 1.